The number of benzene rings is 1. The standard InChI is InChI=1S/C17H25NO2/c1-11-6-7-17(12(2)8-11)10-15(18)14-5-4-13(19-3)9-16(14)20-17/h4-5,9,11-12,15H,6-8,10,18H2,1-3H3/t11?,12?,15-,17?/m1/s1. The monoisotopic (exact) mass is 275 g/mol. The second-order valence-electron chi connectivity index (χ2n) is 6.66. The van der Waals surface area contributed by atoms with E-state index in [-0.39, 0.29) is 11.6 Å². The molecule has 3 rings (SSSR count). The summed E-state index contributed by atoms with van der Waals surface area (Å²) in [6.45, 7) is 4.65. The molecule has 0 aromatic heterocycles. The number of hydrogen-bond donors (Lipinski definition) is 1. The van der Waals surface area contributed by atoms with E-state index in [1.165, 1.54) is 12.8 Å². The summed E-state index contributed by atoms with van der Waals surface area (Å²) >= 11 is 0. The van der Waals surface area contributed by atoms with Crippen LogP contribution < -0.4 is 15.2 Å². The van der Waals surface area contributed by atoms with Crippen molar-refractivity contribution < 1.29 is 9.47 Å². The van der Waals surface area contributed by atoms with E-state index in [0.29, 0.717) is 5.92 Å². The Hall–Kier alpha value is -1.22. The van der Waals surface area contributed by atoms with Crippen molar-refractivity contribution >= 4 is 0 Å². The van der Waals surface area contributed by atoms with E-state index in [4.69, 9.17) is 15.2 Å². The molecule has 2 aliphatic rings. The first-order chi connectivity index (χ1) is 9.54. The highest BCUT2D eigenvalue weighted by molar-refractivity contribution is 5.44. The minimum atomic E-state index is -0.0781. The number of nitrogens with two attached hydrogens (primary N) is 1. The fourth-order valence-electron chi connectivity index (χ4n) is 3.91. The molecule has 0 radical (unpaired) electrons. The van der Waals surface area contributed by atoms with Gasteiger partial charge < -0.3 is 15.2 Å². The van der Waals surface area contributed by atoms with Gasteiger partial charge in [-0.05, 0) is 37.2 Å². The molecule has 3 nitrogen and oxygen atoms in total. The van der Waals surface area contributed by atoms with Gasteiger partial charge in [0.1, 0.15) is 17.1 Å². The number of hydrogen-bond acceptors (Lipinski definition) is 3. The highest BCUT2D eigenvalue weighted by atomic mass is 16.5. The van der Waals surface area contributed by atoms with Crippen molar-refractivity contribution in [1.82, 2.24) is 0 Å². The van der Waals surface area contributed by atoms with Crippen LogP contribution in [0.5, 0.6) is 11.5 Å². The van der Waals surface area contributed by atoms with Crippen molar-refractivity contribution in [3.05, 3.63) is 23.8 Å². The van der Waals surface area contributed by atoms with Crippen LogP contribution in [-0.2, 0) is 0 Å². The number of rotatable bonds is 1. The Bertz CT molecular complexity index is 502. The average molecular weight is 275 g/mol. The molecule has 1 saturated carbocycles. The highest BCUT2D eigenvalue weighted by Crippen LogP contribution is 2.49. The first-order valence-corrected chi connectivity index (χ1v) is 7.66. The van der Waals surface area contributed by atoms with Gasteiger partial charge >= 0.3 is 0 Å². The Kier molecular flexibility index (Phi) is 3.41. The molecular weight excluding hydrogens is 250 g/mol. The highest BCUT2D eigenvalue weighted by Gasteiger charge is 2.46. The van der Waals surface area contributed by atoms with Crippen LogP contribution in [0, 0.1) is 11.8 Å². The molecular formula is C17H25NO2. The number of fused-ring (bicyclic) bond motifs is 1. The molecule has 0 amide bonds. The lowest BCUT2D eigenvalue weighted by Crippen LogP contribution is -2.50. The van der Waals surface area contributed by atoms with E-state index in [1.54, 1.807) is 7.11 Å². The summed E-state index contributed by atoms with van der Waals surface area (Å²) in [5.41, 5.74) is 7.45. The largest absolute Gasteiger partial charge is 0.497 e. The Morgan fingerprint density at radius 3 is 2.85 bits per heavy atom. The smallest absolute Gasteiger partial charge is 0.128 e. The zero-order valence-electron chi connectivity index (χ0n) is 12.7. The van der Waals surface area contributed by atoms with Crippen LogP contribution >= 0.6 is 0 Å². The molecule has 2 N–H and O–H groups in total. The lowest BCUT2D eigenvalue weighted by molar-refractivity contribution is -0.0520. The van der Waals surface area contributed by atoms with Gasteiger partial charge in [0.05, 0.1) is 7.11 Å². The van der Waals surface area contributed by atoms with Gasteiger partial charge in [-0.2, -0.15) is 0 Å². The van der Waals surface area contributed by atoms with Crippen molar-refractivity contribution in [3.8, 4) is 11.5 Å². The van der Waals surface area contributed by atoms with Crippen LogP contribution in [0.3, 0.4) is 0 Å². The molecule has 1 fully saturated rings. The third-order valence-electron chi connectivity index (χ3n) is 5.21. The normalized spacial score (nSPS) is 36.3. The van der Waals surface area contributed by atoms with Crippen LogP contribution in [-0.4, -0.2) is 12.7 Å². The third-order valence-corrected chi connectivity index (χ3v) is 5.21. The van der Waals surface area contributed by atoms with E-state index < -0.39 is 0 Å². The van der Waals surface area contributed by atoms with Crippen molar-refractivity contribution in [1.29, 1.82) is 0 Å². The van der Waals surface area contributed by atoms with Gasteiger partial charge in [-0.3, -0.25) is 0 Å². The van der Waals surface area contributed by atoms with Crippen molar-refractivity contribution in [2.24, 2.45) is 17.6 Å². The van der Waals surface area contributed by atoms with Crippen LogP contribution in [0.1, 0.15) is 51.1 Å². The molecule has 0 bridgehead atoms. The van der Waals surface area contributed by atoms with Crippen molar-refractivity contribution in [2.45, 2.75) is 51.2 Å². The van der Waals surface area contributed by atoms with Crippen LogP contribution in [0.4, 0.5) is 0 Å². The summed E-state index contributed by atoms with van der Waals surface area (Å²) < 4.78 is 11.8. The Morgan fingerprint density at radius 1 is 1.35 bits per heavy atom. The van der Waals surface area contributed by atoms with Gasteiger partial charge in [0, 0.05) is 24.1 Å². The van der Waals surface area contributed by atoms with Gasteiger partial charge in [0.2, 0.25) is 0 Å². The summed E-state index contributed by atoms with van der Waals surface area (Å²) in [5.74, 6) is 3.10. The zero-order chi connectivity index (χ0) is 14.3. The Morgan fingerprint density at radius 2 is 2.15 bits per heavy atom. The minimum absolute atomic E-state index is 0.0699. The predicted molar refractivity (Wildman–Crippen MR) is 80.1 cm³/mol. The summed E-state index contributed by atoms with van der Waals surface area (Å²) in [4.78, 5) is 0. The van der Waals surface area contributed by atoms with Gasteiger partial charge in [-0.15, -0.1) is 0 Å². The van der Waals surface area contributed by atoms with E-state index >= 15 is 0 Å². The molecule has 1 heterocycles. The second-order valence-corrected chi connectivity index (χ2v) is 6.66. The average Bonchev–Trinajstić information content (AvgIpc) is 2.43. The van der Waals surface area contributed by atoms with Crippen LogP contribution in [0.25, 0.3) is 0 Å². The maximum absolute atomic E-state index is 6.47. The van der Waals surface area contributed by atoms with Crippen molar-refractivity contribution in [2.75, 3.05) is 7.11 Å². The van der Waals surface area contributed by atoms with Gasteiger partial charge in [0.15, 0.2) is 0 Å². The molecule has 0 saturated heterocycles. The maximum Gasteiger partial charge on any atom is 0.128 e. The van der Waals surface area contributed by atoms with E-state index in [0.717, 1.165) is 35.8 Å². The minimum Gasteiger partial charge on any atom is -0.497 e. The Balaban J connectivity index is 1.94. The van der Waals surface area contributed by atoms with Crippen LogP contribution in [0.15, 0.2) is 18.2 Å². The first-order valence-electron chi connectivity index (χ1n) is 7.66. The fourth-order valence-corrected chi connectivity index (χ4v) is 3.91. The molecule has 4 atom stereocenters. The number of methoxy groups -OCH3 is 1. The maximum atomic E-state index is 6.47. The molecule has 110 valence electrons. The lowest BCUT2D eigenvalue weighted by Gasteiger charge is -2.49. The van der Waals surface area contributed by atoms with Gasteiger partial charge in [0.25, 0.3) is 0 Å². The van der Waals surface area contributed by atoms with Crippen LogP contribution in [0.2, 0.25) is 0 Å². The van der Waals surface area contributed by atoms with Gasteiger partial charge in [-0.25, -0.2) is 0 Å². The molecule has 1 spiro atoms. The SMILES string of the molecule is COc1ccc2c(c1)OC1(CCC(C)CC1C)C[C@H]2N. The summed E-state index contributed by atoms with van der Waals surface area (Å²) in [6.07, 6.45) is 4.50. The molecule has 3 heteroatoms. The molecule has 1 aliphatic heterocycles. The molecule has 20 heavy (non-hydrogen) atoms. The molecule has 1 aromatic carbocycles. The Labute approximate surface area is 121 Å². The quantitative estimate of drug-likeness (QED) is 0.850. The molecule has 1 aliphatic carbocycles. The molecule has 3 unspecified atom stereocenters. The predicted octanol–water partition coefficient (Wildman–Crippen LogP) is 3.67. The first kappa shape index (κ1) is 13.7. The lowest BCUT2D eigenvalue weighted by atomic mass is 9.68. The van der Waals surface area contributed by atoms with E-state index in [9.17, 15) is 0 Å². The van der Waals surface area contributed by atoms with Gasteiger partial charge in [-0.1, -0.05) is 19.9 Å². The van der Waals surface area contributed by atoms with E-state index in [2.05, 4.69) is 13.8 Å². The van der Waals surface area contributed by atoms with E-state index in [1.807, 2.05) is 18.2 Å². The van der Waals surface area contributed by atoms with Crippen molar-refractivity contribution in [3.63, 3.8) is 0 Å². The topological polar surface area (TPSA) is 44.5 Å². The fraction of sp³-hybridized carbons (Fsp3) is 0.647. The second kappa shape index (κ2) is 4.96. The third kappa shape index (κ3) is 2.18. The zero-order valence-corrected chi connectivity index (χ0v) is 12.7. The number of ether oxygens (including phenoxy) is 2. The molecule has 1 aromatic rings. The summed E-state index contributed by atoms with van der Waals surface area (Å²) in [7, 11) is 1.69. The summed E-state index contributed by atoms with van der Waals surface area (Å²) in [5, 5.41) is 0. The summed E-state index contributed by atoms with van der Waals surface area (Å²) in [6, 6.07) is 6.07.